The molecule has 0 aliphatic rings. The molecule has 0 fully saturated rings. The van der Waals surface area contributed by atoms with Crippen LogP contribution in [0.4, 0.5) is 16.2 Å². The number of carbonyl (C=O) groups excluding carboxylic acids is 1. The summed E-state index contributed by atoms with van der Waals surface area (Å²) in [5.74, 6) is 1.19. The Morgan fingerprint density at radius 3 is 2.19 bits per heavy atom. The summed E-state index contributed by atoms with van der Waals surface area (Å²) >= 11 is 0. The van der Waals surface area contributed by atoms with Crippen LogP contribution in [0.1, 0.15) is 12.5 Å². The van der Waals surface area contributed by atoms with Crippen LogP contribution in [0.5, 0.6) is 11.5 Å². The fourth-order valence-electron chi connectivity index (χ4n) is 2.22. The summed E-state index contributed by atoms with van der Waals surface area (Å²) in [6.07, 6.45) is 0. The summed E-state index contributed by atoms with van der Waals surface area (Å²) in [6.45, 7) is 1.86. The van der Waals surface area contributed by atoms with Crippen LogP contribution in [0.2, 0.25) is 0 Å². The van der Waals surface area contributed by atoms with Crippen molar-refractivity contribution in [3.63, 3.8) is 0 Å². The van der Waals surface area contributed by atoms with E-state index in [4.69, 9.17) is 9.47 Å². The van der Waals surface area contributed by atoms with Gasteiger partial charge in [0.1, 0.15) is 0 Å². The Morgan fingerprint density at radius 1 is 0.963 bits per heavy atom. The smallest absolute Gasteiger partial charge is 0.319 e. The van der Waals surface area contributed by atoms with Crippen LogP contribution in [0.25, 0.3) is 0 Å². The zero-order valence-electron chi connectivity index (χ0n) is 15.4. The summed E-state index contributed by atoms with van der Waals surface area (Å²) in [6, 6.07) is 11.4. The van der Waals surface area contributed by atoms with Gasteiger partial charge in [-0.3, -0.25) is 4.72 Å². The van der Waals surface area contributed by atoms with Crippen LogP contribution in [-0.2, 0) is 16.6 Å². The Labute approximate surface area is 158 Å². The van der Waals surface area contributed by atoms with E-state index in [0.29, 0.717) is 29.4 Å². The van der Waals surface area contributed by atoms with Gasteiger partial charge in [-0.1, -0.05) is 6.07 Å². The summed E-state index contributed by atoms with van der Waals surface area (Å²) in [5.41, 5.74) is 1.83. The fraction of sp³-hybridized carbons (Fsp3) is 0.278. The highest BCUT2D eigenvalue weighted by Crippen LogP contribution is 2.27. The molecule has 2 aromatic rings. The lowest BCUT2D eigenvalue weighted by Crippen LogP contribution is -2.28. The van der Waals surface area contributed by atoms with Gasteiger partial charge in [0.25, 0.3) is 0 Å². The van der Waals surface area contributed by atoms with Gasteiger partial charge in [0.2, 0.25) is 10.0 Å². The van der Waals surface area contributed by atoms with E-state index >= 15 is 0 Å². The molecule has 8 nitrogen and oxygen atoms in total. The molecule has 2 rings (SSSR count). The highest BCUT2D eigenvalue weighted by molar-refractivity contribution is 7.92. The number of urea groups is 1. The van der Waals surface area contributed by atoms with Crippen molar-refractivity contribution in [3.05, 3.63) is 48.0 Å². The first-order valence-electron chi connectivity index (χ1n) is 8.23. The molecule has 0 saturated carbocycles. The number of methoxy groups -OCH3 is 2. The van der Waals surface area contributed by atoms with Crippen molar-refractivity contribution in [2.45, 2.75) is 13.5 Å². The fourth-order valence-corrected chi connectivity index (χ4v) is 2.86. The number of hydrogen-bond acceptors (Lipinski definition) is 5. The molecule has 0 atom stereocenters. The highest BCUT2D eigenvalue weighted by Gasteiger charge is 2.08. The lowest BCUT2D eigenvalue weighted by atomic mass is 10.2. The van der Waals surface area contributed by atoms with Gasteiger partial charge in [0.05, 0.1) is 20.0 Å². The zero-order chi connectivity index (χ0) is 19.9. The second-order valence-electron chi connectivity index (χ2n) is 5.58. The van der Waals surface area contributed by atoms with E-state index in [2.05, 4.69) is 15.4 Å². The van der Waals surface area contributed by atoms with Crippen LogP contribution in [0, 0.1) is 0 Å². The van der Waals surface area contributed by atoms with Gasteiger partial charge in [-0.25, -0.2) is 13.2 Å². The van der Waals surface area contributed by atoms with Gasteiger partial charge >= 0.3 is 6.03 Å². The van der Waals surface area contributed by atoms with Crippen LogP contribution in [0.15, 0.2) is 42.5 Å². The van der Waals surface area contributed by atoms with Crippen molar-refractivity contribution in [1.29, 1.82) is 0 Å². The third-order valence-electron chi connectivity index (χ3n) is 3.70. The van der Waals surface area contributed by atoms with E-state index in [0.717, 1.165) is 5.56 Å². The number of rotatable bonds is 8. The number of benzene rings is 2. The van der Waals surface area contributed by atoms with Crippen LogP contribution in [0.3, 0.4) is 0 Å². The molecule has 146 valence electrons. The molecule has 0 aliphatic heterocycles. The van der Waals surface area contributed by atoms with E-state index in [9.17, 15) is 13.2 Å². The summed E-state index contributed by atoms with van der Waals surface area (Å²) in [7, 11) is -0.223. The topological polar surface area (TPSA) is 106 Å². The number of sulfonamides is 1. The van der Waals surface area contributed by atoms with Crippen molar-refractivity contribution < 1.29 is 22.7 Å². The van der Waals surface area contributed by atoms with Gasteiger partial charge < -0.3 is 20.1 Å². The monoisotopic (exact) mass is 393 g/mol. The zero-order valence-corrected chi connectivity index (χ0v) is 16.2. The molecule has 0 radical (unpaired) electrons. The van der Waals surface area contributed by atoms with Crippen LogP contribution < -0.4 is 24.8 Å². The van der Waals surface area contributed by atoms with E-state index in [1.54, 1.807) is 57.5 Å². The SMILES string of the molecule is CCS(=O)(=O)Nc1ccc(NC(=O)NCc2ccc(OC)c(OC)c2)cc1. The normalized spacial score (nSPS) is 10.8. The Morgan fingerprint density at radius 2 is 1.59 bits per heavy atom. The maximum atomic E-state index is 12.0. The molecule has 2 amide bonds. The average Bonchev–Trinajstić information content (AvgIpc) is 2.67. The summed E-state index contributed by atoms with van der Waals surface area (Å²) in [4.78, 5) is 12.0. The first-order chi connectivity index (χ1) is 12.9. The third kappa shape index (κ3) is 6.07. The lowest BCUT2D eigenvalue weighted by molar-refractivity contribution is 0.251. The molecule has 9 heteroatoms. The van der Waals surface area contributed by atoms with Crippen molar-refractivity contribution in [1.82, 2.24) is 5.32 Å². The Hall–Kier alpha value is -2.94. The van der Waals surface area contributed by atoms with E-state index in [-0.39, 0.29) is 11.8 Å². The molecule has 2 aromatic carbocycles. The van der Waals surface area contributed by atoms with Crippen molar-refractivity contribution in [2.75, 3.05) is 30.0 Å². The van der Waals surface area contributed by atoms with Gasteiger partial charge in [0.15, 0.2) is 11.5 Å². The minimum absolute atomic E-state index is 0.00838. The van der Waals surface area contributed by atoms with Crippen LogP contribution in [-0.4, -0.2) is 34.4 Å². The molecule has 27 heavy (non-hydrogen) atoms. The first-order valence-corrected chi connectivity index (χ1v) is 9.88. The van der Waals surface area contributed by atoms with Gasteiger partial charge in [0, 0.05) is 17.9 Å². The quantitative estimate of drug-likeness (QED) is 0.639. The largest absolute Gasteiger partial charge is 0.493 e. The number of nitrogens with one attached hydrogen (secondary N) is 3. The molecule has 0 bridgehead atoms. The molecule has 3 N–H and O–H groups in total. The number of anilines is 2. The standard InChI is InChI=1S/C18H23N3O5S/c1-4-27(23,24)21-15-8-6-14(7-9-15)20-18(22)19-12-13-5-10-16(25-2)17(11-13)26-3/h5-11,21H,4,12H2,1-3H3,(H2,19,20,22). The van der Waals surface area contributed by atoms with Crippen LogP contribution >= 0.6 is 0 Å². The van der Waals surface area contributed by atoms with Gasteiger partial charge in [-0.05, 0) is 48.9 Å². The first kappa shape index (κ1) is 20.4. The number of carbonyl (C=O) groups is 1. The second-order valence-corrected chi connectivity index (χ2v) is 7.59. The van der Waals surface area contributed by atoms with Gasteiger partial charge in [-0.15, -0.1) is 0 Å². The maximum Gasteiger partial charge on any atom is 0.319 e. The Balaban J connectivity index is 1.90. The molecule has 0 saturated heterocycles. The van der Waals surface area contributed by atoms with Crippen molar-refractivity contribution in [2.24, 2.45) is 0 Å². The number of amides is 2. The Kier molecular flexibility index (Phi) is 6.89. The van der Waals surface area contributed by atoms with E-state index < -0.39 is 10.0 Å². The molecule has 0 spiro atoms. The number of hydrogen-bond donors (Lipinski definition) is 3. The molecule has 0 aliphatic carbocycles. The third-order valence-corrected chi connectivity index (χ3v) is 5.00. The average molecular weight is 393 g/mol. The highest BCUT2D eigenvalue weighted by atomic mass is 32.2. The summed E-state index contributed by atoms with van der Waals surface area (Å²) in [5, 5.41) is 5.42. The van der Waals surface area contributed by atoms with E-state index in [1.165, 1.54) is 0 Å². The van der Waals surface area contributed by atoms with Crippen molar-refractivity contribution in [3.8, 4) is 11.5 Å². The molecule has 0 unspecified atom stereocenters. The minimum Gasteiger partial charge on any atom is -0.493 e. The second kappa shape index (κ2) is 9.13. The predicted molar refractivity (Wildman–Crippen MR) is 105 cm³/mol. The Bertz CT molecular complexity index is 882. The lowest BCUT2D eigenvalue weighted by Gasteiger charge is -2.11. The van der Waals surface area contributed by atoms with E-state index in [1.807, 2.05) is 6.07 Å². The molecular weight excluding hydrogens is 370 g/mol. The minimum atomic E-state index is -3.33. The number of ether oxygens (including phenoxy) is 2. The molecular formula is C18H23N3O5S. The predicted octanol–water partition coefficient (Wildman–Crippen LogP) is 2.79. The molecule has 0 aromatic heterocycles. The van der Waals surface area contributed by atoms with Crippen molar-refractivity contribution >= 4 is 27.4 Å². The maximum absolute atomic E-state index is 12.0. The van der Waals surface area contributed by atoms with Gasteiger partial charge in [-0.2, -0.15) is 0 Å². The molecule has 0 heterocycles. The summed E-state index contributed by atoms with van der Waals surface area (Å²) < 4.78 is 35.9.